The van der Waals surface area contributed by atoms with Crippen molar-refractivity contribution in [1.82, 2.24) is 14.9 Å². The van der Waals surface area contributed by atoms with Crippen LogP contribution in [-0.2, 0) is 12.8 Å². The van der Waals surface area contributed by atoms with E-state index in [-0.39, 0.29) is 23.2 Å². The molecule has 1 heterocycles. The molecule has 188 valence electrons. The molecule has 1 N–H and O–H groups in total. The Morgan fingerprint density at radius 3 is 2.56 bits per heavy atom. The second-order valence-electron chi connectivity index (χ2n) is 9.35. The first-order chi connectivity index (χ1) is 16.0. The van der Waals surface area contributed by atoms with Crippen molar-refractivity contribution in [3.63, 3.8) is 0 Å². The first-order valence-corrected chi connectivity index (χ1v) is 12.2. The van der Waals surface area contributed by atoms with Crippen molar-refractivity contribution < 1.29 is 22.7 Å². The van der Waals surface area contributed by atoms with Gasteiger partial charge in [-0.3, -0.25) is 9.36 Å². The van der Waals surface area contributed by atoms with Crippen molar-refractivity contribution >= 4 is 17.5 Å². The zero-order chi connectivity index (χ0) is 25.0. The first-order valence-electron chi connectivity index (χ1n) is 11.8. The fourth-order valence-corrected chi connectivity index (χ4v) is 4.74. The van der Waals surface area contributed by atoms with Gasteiger partial charge in [0, 0.05) is 13.0 Å². The van der Waals surface area contributed by atoms with Crippen LogP contribution in [0.1, 0.15) is 68.3 Å². The summed E-state index contributed by atoms with van der Waals surface area (Å²) in [7, 11) is 1.45. The summed E-state index contributed by atoms with van der Waals surface area (Å²) in [6.45, 7) is 5.89. The quantitative estimate of drug-likeness (QED) is 0.457. The van der Waals surface area contributed by atoms with Gasteiger partial charge in [-0.05, 0) is 48.8 Å². The molecule has 1 saturated carbocycles. The zero-order valence-corrected chi connectivity index (χ0v) is 20.9. The highest BCUT2D eigenvalue weighted by Crippen LogP contribution is 2.34. The lowest BCUT2D eigenvalue weighted by Gasteiger charge is -2.26. The molecule has 0 aliphatic heterocycles. The standard InChI is InChI=1S/C25H33ClF3N3O2/c1-5-21-31-22(24(33)30-14-17-8-6-15(2)7-9-17)23(26)32(21)19-11-10-18(13-20(19)34-4)12-16(3)25(27,28)29/h10-11,13,15-17H,5-9,12,14H2,1-4H3,(H,30,33). The van der Waals surface area contributed by atoms with Crippen LogP contribution in [0.5, 0.6) is 5.75 Å². The summed E-state index contributed by atoms with van der Waals surface area (Å²) in [6, 6.07) is 4.87. The summed E-state index contributed by atoms with van der Waals surface area (Å²) >= 11 is 6.63. The van der Waals surface area contributed by atoms with Crippen LogP contribution in [0.2, 0.25) is 5.15 Å². The van der Waals surface area contributed by atoms with E-state index in [4.69, 9.17) is 16.3 Å². The number of aryl methyl sites for hydroxylation is 1. The number of alkyl halides is 3. The van der Waals surface area contributed by atoms with Crippen LogP contribution in [-0.4, -0.2) is 35.3 Å². The Morgan fingerprint density at radius 2 is 1.97 bits per heavy atom. The van der Waals surface area contributed by atoms with E-state index in [1.165, 1.54) is 20.0 Å². The maximum Gasteiger partial charge on any atom is 0.391 e. The number of carbonyl (C=O) groups is 1. The molecule has 1 atom stereocenters. The van der Waals surface area contributed by atoms with Crippen LogP contribution in [0.4, 0.5) is 13.2 Å². The largest absolute Gasteiger partial charge is 0.495 e. The number of hydrogen-bond donors (Lipinski definition) is 1. The van der Waals surface area contributed by atoms with Crippen LogP contribution >= 0.6 is 11.6 Å². The molecule has 1 aromatic carbocycles. The number of rotatable bonds is 8. The number of benzene rings is 1. The monoisotopic (exact) mass is 499 g/mol. The molecule has 1 amide bonds. The van der Waals surface area contributed by atoms with E-state index in [2.05, 4.69) is 17.2 Å². The second kappa shape index (κ2) is 11.0. The number of carbonyl (C=O) groups excluding carboxylic acids is 1. The number of imidazole rings is 1. The minimum Gasteiger partial charge on any atom is -0.495 e. The Morgan fingerprint density at radius 1 is 1.29 bits per heavy atom. The molecular formula is C25H33ClF3N3O2. The van der Waals surface area contributed by atoms with Crippen LogP contribution in [0.25, 0.3) is 5.69 Å². The van der Waals surface area contributed by atoms with Gasteiger partial charge >= 0.3 is 6.18 Å². The van der Waals surface area contributed by atoms with E-state index in [0.29, 0.717) is 41.7 Å². The topological polar surface area (TPSA) is 56.2 Å². The number of nitrogens with one attached hydrogen (secondary N) is 1. The third-order valence-electron chi connectivity index (χ3n) is 6.69. The summed E-state index contributed by atoms with van der Waals surface area (Å²) < 4.78 is 46.1. The van der Waals surface area contributed by atoms with Gasteiger partial charge in [0.25, 0.3) is 5.91 Å². The Labute approximate surface area is 204 Å². The van der Waals surface area contributed by atoms with E-state index >= 15 is 0 Å². The molecule has 1 unspecified atom stereocenters. The molecule has 34 heavy (non-hydrogen) atoms. The molecule has 0 radical (unpaired) electrons. The van der Waals surface area contributed by atoms with Gasteiger partial charge in [-0.1, -0.05) is 51.3 Å². The molecule has 9 heteroatoms. The van der Waals surface area contributed by atoms with Gasteiger partial charge in [-0.2, -0.15) is 13.2 Å². The van der Waals surface area contributed by atoms with Gasteiger partial charge in [0.05, 0.1) is 18.7 Å². The van der Waals surface area contributed by atoms with E-state index in [9.17, 15) is 18.0 Å². The van der Waals surface area contributed by atoms with Gasteiger partial charge in [-0.15, -0.1) is 0 Å². The van der Waals surface area contributed by atoms with Gasteiger partial charge in [0.1, 0.15) is 16.7 Å². The fourth-order valence-electron chi connectivity index (χ4n) is 4.43. The lowest BCUT2D eigenvalue weighted by atomic mass is 9.83. The van der Waals surface area contributed by atoms with Gasteiger partial charge in [0.15, 0.2) is 5.69 Å². The number of halogens is 4. The maximum atomic E-state index is 13.0. The van der Waals surface area contributed by atoms with Crippen molar-refractivity contribution in [1.29, 1.82) is 0 Å². The summed E-state index contributed by atoms with van der Waals surface area (Å²) in [6.07, 6.45) is 0.615. The number of methoxy groups -OCH3 is 1. The average molecular weight is 500 g/mol. The summed E-state index contributed by atoms with van der Waals surface area (Å²) in [5, 5.41) is 3.13. The molecule has 5 nitrogen and oxygen atoms in total. The number of amides is 1. The Bertz CT molecular complexity index is 998. The van der Waals surface area contributed by atoms with E-state index in [0.717, 1.165) is 25.7 Å². The Balaban J connectivity index is 1.83. The Kier molecular flexibility index (Phi) is 8.55. The van der Waals surface area contributed by atoms with E-state index in [1.54, 1.807) is 22.8 Å². The molecule has 3 rings (SSSR count). The third kappa shape index (κ3) is 6.06. The molecule has 2 aromatic rings. The lowest BCUT2D eigenvalue weighted by molar-refractivity contribution is -0.169. The molecule has 1 aliphatic rings. The molecule has 1 aliphatic carbocycles. The van der Waals surface area contributed by atoms with Crippen LogP contribution in [0, 0.1) is 17.8 Å². The minimum atomic E-state index is -4.27. The average Bonchev–Trinajstić information content (AvgIpc) is 3.13. The van der Waals surface area contributed by atoms with Crippen LogP contribution in [0.3, 0.4) is 0 Å². The van der Waals surface area contributed by atoms with Crippen LogP contribution < -0.4 is 10.1 Å². The molecule has 1 aromatic heterocycles. The third-order valence-corrected chi connectivity index (χ3v) is 7.04. The molecule has 1 fully saturated rings. The summed E-state index contributed by atoms with van der Waals surface area (Å²) in [5.41, 5.74) is 1.17. The van der Waals surface area contributed by atoms with Crippen molar-refractivity contribution in [2.24, 2.45) is 17.8 Å². The highest BCUT2D eigenvalue weighted by Gasteiger charge is 2.36. The van der Waals surface area contributed by atoms with Gasteiger partial charge in [0.2, 0.25) is 0 Å². The van der Waals surface area contributed by atoms with Crippen molar-refractivity contribution in [3.05, 3.63) is 40.4 Å². The smallest absolute Gasteiger partial charge is 0.391 e. The highest BCUT2D eigenvalue weighted by molar-refractivity contribution is 6.33. The SMILES string of the molecule is CCc1nc(C(=O)NCC2CCC(C)CC2)c(Cl)n1-c1ccc(CC(C)C(F)(F)F)cc1OC. The van der Waals surface area contributed by atoms with Crippen LogP contribution in [0.15, 0.2) is 18.2 Å². The second-order valence-corrected chi connectivity index (χ2v) is 9.70. The number of nitrogens with zero attached hydrogens (tertiary/aromatic N) is 2. The number of ether oxygens (including phenoxy) is 1. The molecular weight excluding hydrogens is 467 g/mol. The van der Waals surface area contributed by atoms with Crippen molar-refractivity contribution in [2.75, 3.05) is 13.7 Å². The zero-order valence-electron chi connectivity index (χ0n) is 20.1. The summed E-state index contributed by atoms with van der Waals surface area (Å²) in [5.74, 6) is 0.321. The van der Waals surface area contributed by atoms with Gasteiger partial charge < -0.3 is 10.1 Å². The fraction of sp³-hybridized carbons (Fsp3) is 0.600. The number of hydrogen-bond acceptors (Lipinski definition) is 3. The van der Waals surface area contributed by atoms with E-state index in [1.807, 2.05) is 6.92 Å². The van der Waals surface area contributed by atoms with Crippen molar-refractivity contribution in [2.45, 2.75) is 65.5 Å². The molecule has 0 saturated heterocycles. The van der Waals surface area contributed by atoms with Crippen molar-refractivity contribution in [3.8, 4) is 11.4 Å². The maximum absolute atomic E-state index is 13.0. The molecule has 0 bridgehead atoms. The first kappa shape index (κ1) is 26.4. The Hall–Kier alpha value is -2.22. The summed E-state index contributed by atoms with van der Waals surface area (Å²) in [4.78, 5) is 17.4. The highest BCUT2D eigenvalue weighted by atomic mass is 35.5. The van der Waals surface area contributed by atoms with Gasteiger partial charge in [-0.25, -0.2) is 4.98 Å². The number of aromatic nitrogens is 2. The lowest BCUT2D eigenvalue weighted by Crippen LogP contribution is -2.31. The minimum absolute atomic E-state index is 0.138. The van der Waals surface area contributed by atoms with E-state index < -0.39 is 12.1 Å². The predicted molar refractivity (Wildman–Crippen MR) is 127 cm³/mol. The normalized spacial score (nSPS) is 19.6. The molecule has 0 spiro atoms. The predicted octanol–water partition coefficient (Wildman–Crippen LogP) is 6.39.